The molecule has 0 radical (unpaired) electrons. The highest BCUT2D eigenvalue weighted by atomic mass is 16.3. The van der Waals surface area contributed by atoms with E-state index in [1.165, 1.54) is 0 Å². The summed E-state index contributed by atoms with van der Waals surface area (Å²) in [7, 11) is 0. The van der Waals surface area contributed by atoms with E-state index < -0.39 is 334 Å². The summed E-state index contributed by atoms with van der Waals surface area (Å²) in [5, 5.41) is -2.63. The van der Waals surface area contributed by atoms with Gasteiger partial charge in [0, 0.05) is 44.3 Å². The summed E-state index contributed by atoms with van der Waals surface area (Å²) in [6, 6.07) is -31.0. The van der Waals surface area contributed by atoms with Crippen molar-refractivity contribution in [1.29, 1.82) is 0 Å². The zero-order chi connectivity index (χ0) is 72.1. The smallest absolute Gasteiger partial charge is 0.297 e. The van der Waals surface area contributed by atoms with Gasteiger partial charge in [0.1, 0.15) is 16.7 Å². The van der Waals surface area contributed by atoms with E-state index in [4.69, 9.17) is 23.9 Å². The maximum atomic E-state index is 11.2. The van der Waals surface area contributed by atoms with Crippen molar-refractivity contribution >= 4 is 129 Å². The number of rotatable bonds is 4. The van der Waals surface area contributed by atoms with Crippen molar-refractivity contribution in [2.75, 3.05) is 14.7 Å². The third-order valence-corrected chi connectivity index (χ3v) is 12.2. The van der Waals surface area contributed by atoms with E-state index in [0.29, 0.717) is 4.90 Å². The summed E-state index contributed by atoms with van der Waals surface area (Å²) < 4.78 is 320. The number of anilines is 9. The molecule has 7 heteroatoms. The summed E-state index contributed by atoms with van der Waals surface area (Å²) in [5.41, 5.74) is -14.3. The molecule has 0 saturated carbocycles. The molecule has 0 N–H and O–H groups in total. The van der Waals surface area contributed by atoms with Gasteiger partial charge < -0.3 is 28.1 Å². The highest BCUT2D eigenvalue weighted by Crippen LogP contribution is 2.55. The predicted octanol–water partition coefficient (Wildman–Crippen LogP) is 14.6. The molecule has 67 heavy (non-hydrogen) atoms. The number of benzene rings is 9. The number of aromatic nitrogens is 1. The second kappa shape index (κ2) is 13.1. The van der Waals surface area contributed by atoms with Gasteiger partial charge in [0.25, 0.3) is 6.71 Å². The van der Waals surface area contributed by atoms with Crippen LogP contribution < -0.4 is 31.3 Å². The Morgan fingerprint density at radius 2 is 1.09 bits per heavy atom. The lowest BCUT2D eigenvalue weighted by atomic mass is 9.35. The minimum absolute atomic E-state index is 0.160. The van der Waals surface area contributed by atoms with Crippen molar-refractivity contribution in [3.8, 4) is 5.69 Å². The number of furan rings is 2. The maximum absolute atomic E-state index is 11.2. The average Bonchev–Trinajstić information content (AvgIpc) is 1.62. The Morgan fingerprint density at radius 1 is 0.478 bits per heavy atom. The minimum atomic E-state index is -2.08. The van der Waals surface area contributed by atoms with Gasteiger partial charge >= 0.3 is 0 Å². The van der Waals surface area contributed by atoms with Gasteiger partial charge in [-0.25, -0.2) is 0 Å². The fourth-order valence-corrected chi connectivity index (χ4v) is 9.53. The van der Waals surface area contributed by atoms with Gasteiger partial charge in [-0.05, 0) is 106 Å². The van der Waals surface area contributed by atoms with Crippen molar-refractivity contribution in [2.24, 2.45) is 0 Å². The van der Waals surface area contributed by atoms with Crippen molar-refractivity contribution in [2.45, 2.75) is 26.2 Å². The van der Waals surface area contributed by atoms with Crippen molar-refractivity contribution in [3.63, 3.8) is 0 Å². The van der Waals surface area contributed by atoms with Crippen LogP contribution in [0.15, 0.2) is 202 Å². The van der Waals surface area contributed by atoms with Crippen LogP contribution in [0.3, 0.4) is 0 Å². The lowest BCUT2D eigenvalue weighted by Gasteiger charge is -2.45. The SMILES string of the molecule is [2H]c1c([2H])c([2H])c(N(c2c([2H])c([2H])c([2H])c([2H])c2[2H])c2c([2H])c3c4c(c2[2H])N2c5c(c([2H])c([2H])c([2H])c5-n5c6c([2H])c([2H])c([2H])c([2H])c6c6c([2H])c([2H])c([2H])c2c65)B4c2oc4c([2H])c([2H])c(C(C)(C)C)c([2H])c4c2N3c2c([2H])c([2H])c([2H])c3oc4c([2H])c([2H])c([2H])c([2H])c4c23)c([2H])c1[2H]. The van der Waals surface area contributed by atoms with E-state index in [2.05, 4.69) is 0 Å². The maximum Gasteiger partial charge on any atom is 0.297 e. The molecule has 6 heterocycles. The summed E-state index contributed by atoms with van der Waals surface area (Å²) in [5.74, 6) is 0. The molecular formula is C60H41BN4O2. The van der Waals surface area contributed by atoms with E-state index in [-0.39, 0.29) is 5.56 Å². The van der Waals surface area contributed by atoms with Gasteiger partial charge in [-0.2, -0.15) is 0 Å². The van der Waals surface area contributed by atoms with Crippen LogP contribution in [0.2, 0.25) is 0 Å². The molecule has 0 saturated heterocycles. The van der Waals surface area contributed by atoms with Gasteiger partial charge in [0.15, 0.2) is 0 Å². The molecule has 0 amide bonds. The van der Waals surface area contributed by atoms with Gasteiger partial charge in [-0.15, -0.1) is 0 Å². The van der Waals surface area contributed by atoms with Crippen molar-refractivity contribution in [1.82, 2.24) is 4.57 Å². The van der Waals surface area contributed by atoms with E-state index in [1.807, 2.05) is 0 Å². The monoisotopic (exact) mass is 893 g/mol. The van der Waals surface area contributed by atoms with Crippen LogP contribution in [0.5, 0.6) is 0 Å². The van der Waals surface area contributed by atoms with Crippen LogP contribution >= 0.6 is 0 Å². The molecule has 9 aromatic carbocycles. The Labute approximate surface area is 432 Å². The van der Waals surface area contributed by atoms with Crippen LogP contribution in [0.4, 0.5) is 51.2 Å². The molecular weight excluding hydrogens is 819 g/mol. The quantitative estimate of drug-likeness (QED) is 0.165. The molecule has 3 aliphatic rings. The molecule has 0 spiro atoms. The highest BCUT2D eigenvalue weighted by Gasteiger charge is 2.49. The molecule has 0 fully saturated rings. The Kier molecular flexibility index (Phi) is 3.48. The number of hydrogen-bond donors (Lipinski definition) is 0. The van der Waals surface area contributed by atoms with Crippen molar-refractivity contribution in [3.05, 3.63) is 199 Å². The van der Waals surface area contributed by atoms with Gasteiger partial charge in [-0.1, -0.05) is 130 Å². The Morgan fingerprint density at radius 3 is 1.87 bits per heavy atom. The van der Waals surface area contributed by atoms with E-state index >= 15 is 0 Å². The Balaban J connectivity index is 1.31. The molecule has 0 bridgehead atoms. The molecule has 3 aromatic heterocycles. The zero-order valence-electron chi connectivity index (χ0n) is 66.7. The van der Waals surface area contributed by atoms with Crippen LogP contribution in [-0.2, 0) is 5.41 Å². The predicted molar refractivity (Wildman–Crippen MR) is 279 cm³/mol. The number of fused-ring (bicyclic) bond motifs is 14. The number of para-hydroxylation sites is 6. The van der Waals surface area contributed by atoms with Gasteiger partial charge in [0.05, 0.1) is 100 Å². The zero-order valence-corrected chi connectivity index (χ0v) is 34.7. The van der Waals surface area contributed by atoms with Gasteiger partial charge in [0.2, 0.25) is 0 Å². The number of nitrogens with zero attached hydrogens (tertiary/aromatic N) is 4. The van der Waals surface area contributed by atoms with Crippen LogP contribution in [-0.4, -0.2) is 11.3 Å². The van der Waals surface area contributed by atoms with Crippen LogP contribution in [0, 0.1) is 0 Å². The fraction of sp³-hybridized carbons (Fsp3) is 0.0667. The molecule has 0 aliphatic carbocycles. The molecule has 3 aliphatic heterocycles. The first kappa shape index (κ1) is 17.8. The number of hydrogen-bond acceptors (Lipinski definition) is 5. The highest BCUT2D eigenvalue weighted by molar-refractivity contribution is 7.00. The third-order valence-electron chi connectivity index (χ3n) is 12.2. The second-order valence-electron chi connectivity index (χ2n) is 16.8. The summed E-state index contributed by atoms with van der Waals surface area (Å²) in [4.78, 5) is 2.29. The third kappa shape index (κ3) is 4.90. The molecule has 12 aromatic rings. The topological polar surface area (TPSA) is 40.9 Å². The Hall–Kier alpha value is -8.42. The Bertz CT molecular complexity index is 5870. The first-order chi connectivity index (χ1) is 46.2. The van der Waals surface area contributed by atoms with Gasteiger partial charge in [-0.3, -0.25) is 0 Å². The van der Waals surface area contributed by atoms with Crippen molar-refractivity contribution < 1.29 is 52.7 Å². The molecule has 0 atom stereocenters. The lowest BCUT2D eigenvalue weighted by molar-refractivity contribution is 0.590. The summed E-state index contributed by atoms with van der Waals surface area (Å²) in [6.07, 6.45) is 0. The second-order valence-corrected chi connectivity index (χ2v) is 16.8. The minimum Gasteiger partial charge on any atom is -0.468 e. The largest absolute Gasteiger partial charge is 0.468 e. The van der Waals surface area contributed by atoms with E-state index in [1.54, 1.807) is 20.8 Å². The molecule has 0 unspecified atom stereocenters. The molecule has 316 valence electrons. The summed E-state index contributed by atoms with van der Waals surface area (Å²) >= 11 is 0. The average molecular weight is 893 g/mol. The fourth-order valence-electron chi connectivity index (χ4n) is 9.53. The van der Waals surface area contributed by atoms with Crippen LogP contribution in [0.25, 0.3) is 60.4 Å². The van der Waals surface area contributed by atoms with Crippen LogP contribution in [0.1, 0.15) is 70.2 Å². The first-order valence-electron chi connectivity index (χ1n) is 36.6. The lowest BCUT2D eigenvalue weighted by Crippen LogP contribution is -2.61. The van der Waals surface area contributed by atoms with E-state index in [0.717, 1.165) is 14.4 Å². The summed E-state index contributed by atoms with van der Waals surface area (Å²) in [6.45, 7) is 2.71. The first-order valence-corrected chi connectivity index (χ1v) is 20.6. The molecule has 15 rings (SSSR count). The van der Waals surface area contributed by atoms with E-state index in [9.17, 15) is 28.8 Å². The standard InChI is InChI=1S/C60H41BN4O2/c1-60(2,3)36-31-32-52-43(33-36)57-59(67-52)61-44-24-15-28-48-58(44)65(47-27-14-23-41-40-21-10-12-25-45(40)63(48)56(41)47)50-35-39(62(37-17-6-4-7-18-37)38-19-8-5-9-20-38)34-49(55(50)61)64(57)46-26-16-30-53-54(46)42-22-11-13-29-51(42)66-53/h4-35H,1-3H3/i4D,5D,6D,7D,8D,9D,10D,11D,12D,13D,14D,15D,16D,17D,18D,19D,20D,21D,22D,23D,24D,25D,26D,27D,28D,29D,30D,31D,32D,33D,34D,35D. The molecule has 6 nitrogen and oxygen atoms in total. The normalized spacial score (nSPS) is 20.2.